The van der Waals surface area contributed by atoms with E-state index in [4.69, 9.17) is 0 Å². The lowest BCUT2D eigenvalue weighted by atomic mass is 10.4. The third-order valence-electron chi connectivity index (χ3n) is 1.32. The first-order valence-electron chi connectivity index (χ1n) is 3.65. The second kappa shape index (κ2) is 5.42. The highest BCUT2D eigenvalue weighted by molar-refractivity contribution is 7.99. The molecule has 0 aliphatic carbocycles. The molecule has 0 bridgehead atoms. The van der Waals surface area contributed by atoms with Crippen LogP contribution in [0.15, 0.2) is 24.5 Å². The third kappa shape index (κ3) is 3.62. The van der Waals surface area contributed by atoms with Crippen molar-refractivity contribution in [2.75, 3.05) is 11.5 Å². The predicted molar refractivity (Wildman–Crippen MR) is 47.4 cm³/mol. The molecule has 1 aliphatic rings. The first-order valence-corrected chi connectivity index (χ1v) is 4.81. The Morgan fingerprint density at radius 3 is 1.80 bits per heavy atom. The summed E-state index contributed by atoms with van der Waals surface area (Å²) < 4.78 is 0. The monoisotopic (exact) mass is 155 g/mol. The van der Waals surface area contributed by atoms with Crippen molar-refractivity contribution in [2.24, 2.45) is 0 Å². The maximum Gasteiger partial charge on any atom is 0.000496 e. The smallest absolute Gasteiger partial charge is 0.000496 e. The zero-order valence-corrected chi connectivity index (χ0v) is 6.86. The Balaban J connectivity index is 0.0000001000. The normalized spacial score (nSPS) is 16.0. The molecule has 2 rings (SSSR count). The molecule has 1 saturated heterocycles. The summed E-state index contributed by atoms with van der Waals surface area (Å²) in [7, 11) is 0. The van der Waals surface area contributed by atoms with Crippen LogP contribution in [0.25, 0.3) is 0 Å². The average molecular weight is 155 g/mol. The van der Waals surface area contributed by atoms with Crippen molar-refractivity contribution in [1.82, 2.24) is 4.98 Å². The highest BCUT2D eigenvalue weighted by Gasteiger charge is 1.95. The summed E-state index contributed by atoms with van der Waals surface area (Å²) in [6, 6.07) is 3.89. The maximum absolute atomic E-state index is 2.86. The molecule has 1 aliphatic heterocycles. The number of thioether (sulfide) groups is 1. The van der Waals surface area contributed by atoms with Crippen LogP contribution in [0, 0.1) is 0 Å². The summed E-state index contributed by atoms with van der Waals surface area (Å²) in [4.78, 5) is 2.86. The van der Waals surface area contributed by atoms with Crippen LogP contribution in [-0.2, 0) is 0 Å². The molecule has 0 radical (unpaired) electrons. The van der Waals surface area contributed by atoms with E-state index in [1.54, 1.807) is 0 Å². The molecule has 0 unspecified atom stereocenters. The molecule has 2 heterocycles. The topological polar surface area (TPSA) is 15.8 Å². The van der Waals surface area contributed by atoms with E-state index in [9.17, 15) is 0 Å². The van der Waals surface area contributed by atoms with Gasteiger partial charge in [0.2, 0.25) is 0 Å². The highest BCUT2D eigenvalue weighted by Crippen LogP contribution is 2.14. The van der Waals surface area contributed by atoms with E-state index >= 15 is 0 Å². The first-order chi connectivity index (χ1) is 5.00. The molecule has 2 heteroatoms. The largest absolute Gasteiger partial charge is 0.368 e. The van der Waals surface area contributed by atoms with E-state index in [0.717, 1.165) is 0 Å². The van der Waals surface area contributed by atoms with Gasteiger partial charge in [-0.2, -0.15) is 11.8 Å². The van der Waals surface area contributed by atoms with Crippen molar-refractivity contribution in [1.29, 1.82) is 0 Å². The van der Waals surface area contributed by atoms with Gasteiger partial charge >= 0.3 is 0 Å². The van der Waals surface area contributed by atoms with Crippen LogP contribution in [-0.4, -0.2) is 16.5 Å². The fraction of sp³-hybridized carbons (Fsp3) is 0.500. The first kappa shape index (κ1) is 7.73. The zero-order valence-electron chi connectivity index (χ0n) is 6.05. The van der Waals surface area contributed by atoms with Gasteiger partial charge in [-0.25, -0.2) is 0 Å². The summed E-state index contributed by atoms with van der Waals surface area (Å²) in [5.41, 5.74) is 0. The van der Waals surface area contributed by atoms with Gasteiger partial charge in [0.25, 0.3) is 0 Å². The summed E-state index contributed by atoms with van der Waals surface area (Å²) >= 11 is 2.07. The van der Waals surface area contributed by atoms with Crippen molar-refractivity contribution in [3.8, 4) is 0 Å². The predicted octanol–water partition coefficient (Wildman–Crippen LogP) is 2.53. The number of hydrogen-bond acceptors (Lipinski definition) is 1. The molecule has 1 fully saturated rings. The molecule has 0 atom stereocenters. The lowest BCUT2D eigenvalue weighted by molar-refractivity contribution is 0.949. The SMILES string of the molecule is C1CCSC1.c1cc[nH]c1. The summed E-state index contributed by atoms with van der Waals surface area (Å²) in [5, 5.41) is 0. The molecular weight excluding hydrogens is 142 g/mol. The van der Waals surface area contributed by atoms with Crippen LogP contribution in [0.1, 0.15) is 12.8 Å². The molecule has 1 N–H and O–H groups in total. The Hall–Kier alpha value is -0.370. The Bertz CT molecular complexity index is 108. The van der Waals surface area contributed by atoms with E-state index in [2.05, 4.69) is 16.7 Å². The van der Waals surface area contributed by atoms with Crippen LogP contribution >= 0.6 is 11.8 Å². The van der Waals surface area contributed by atoms with Crippen molar-refractivity contribution in [3.05, 3.63) is 24.5 Å². The van der Waals surface area contributed by atoms with Crippen LogP contribution in [0.5, 0.6) is 0 Å². The minimum Gasteiger partial charge on any atom is -0.368 e. The molecule has 10 heavy (non-hydrogen) atoms. The molecule has 0 spiro atoms. The van der Waals surface area contributed by atoms with Gasteiger partial charge in [-0.1, -0.05) is 0 Å². The van der Waals surface area contributed by atoms with Gasteiger partial charge in [0, 0.05) is 12.4 Å². The molecule has 56 valence electrons. The van der Waals surface area contributed by atoms with Crippen LogP contribution < -0.4 is 0 Å². The number of rotatable bonds is 0. The number of aromatic amines is 1. The van der Waals surface area contributed by atoms with Crippen molar-refractivity contribution >= 4 is 11.8 Å². The number of nitrogens with one attached hydrogen (secondary N) is 1. The molecule has 0 aromatic carbocycles. The van der Waals surface area contributed by atoms with Gasteiger partial charge in [-0.15, -0.1) is 0 Å². The van der Waals surface area contributed by atoms with E-state index in [1.807, 2.05) is 24.5 Å². The molecule has 0 amide bonds. The number of hydrogen-bond donors (Lipinski definition) is 1. The van der Waals surface area contributed by atoms with Gasteiger partial charge in [0.05, 0.1) is 0 Å². The lowest BCUT2D eigenvalue weighted by Crippen LogP contribution is -1.58. The van der Waals surface area contributed by atoms with Gasteiger partial charge < -0.3 is 4.98 Å². The van der Waals surface area contributed by atoms with Crippen molar-refractivity contribution in [2.45, 2.75) is 12.8 Å². The lowest BCUT2D eigenvalue weighted by Gasteiger charge is -1.69. The Kier molecular flexibility index (Phi) is 4.19. The van der Waals surface area contributed by atoms with Gasteiger partial charge in [-0.3, -0.25) is 0 Å². The highest BCUT2D eigenvalue weighted by atomic mass is 32.2. The molecule has 1 aromatic rings. The Morgan fingerprint density at radius 1 is 1.00 bits per heavy atom. The third-order valence-corrected chi connectivity index (χ3v) is 2.48. The van der Waals surface area contributed by atoms with Crippen LogP contribution in [0.2, 0.25) is 0 Å². The van der Waals surface area contributed by atoms with E-state index in [0.29, 0.717) is 0 Å². The zero-order chi connectivity index (χ0) is 7.07. The second-order valence-corrected chi connectivity index (χ2v) is 3.43. The maximum atomic E-state index is 2.86. The molecule has 0 saturated carbocycles. The van der Waals surface area contributed by atoms with Crippen molar-refractivity contribution < 1.29 is 0 Å². The fourth-order valence-corrected chi connectivity index (χ4v) is 1.81. The van der Waals surface area contributed by atoms with E-state index < -0.39 is 0 Å². The minimum atomic E-state index is 1.42. The standard InChI is InChI=1S/C4H5N.C4H8S/c2*1-2-4-5-3-1/h1-5H;1-4H2. The minimum absolute atomic E-state index is 1.42. The number of aromatic nitrogens is 1. The van der Waals surface area contributed by atoms with Crippen molar-refractivity contribution in [3.63, 3.8) is 0 Å². The summed E-state index contributed by atoms with van der Waals surface area (Å²) in [5.74, 6) is 2.83. The number of H-pyrrole nitrogens is 1. The molecular formula is C8H13NS. The molecule has 1 nitrogen and oxygen atoms in total. The average Bonchev–Trinajstić information content (AvgIpc) is 2.67. The summed E-state index contributed by atoms with van der Waals surface area (Å²) in [6.45, 7) is 0. The fourth-order valence-electron chi connectivity index (χ4n) is 0.788. The molecule has 1 aromatic heterocycles. The van der Waals surface area contributed by atoms with Gasteiger partial charge in [0.1, 0.15) is 0 Å². The van der Waals surface area contributed by atoms with E-state index in [1.165, 1.54) is 24.3 Å². The van der Waals surface area contributed by atoms with Gasteiger partial charge in [0.15, 0.2) is 0 Å². The quantitative estimate of drug-likeness (QED) is 0.608. The second-order valence-electron chi connectivity index (χ2n) is 2.20. The van der Waals surface area contributed by atoms with E-state index in [-0.39, 0.29) is 0 Å². The summed E-state index contributed by atoms with van der Waals surface area (Å²) in [6.07, 6.45) is 6.68. The van der Waals surface area contributed by atoms with Crippen LogP contribution in [0.3, 0.4) is 0 Å². The Labute approximate surface area is 66.2 Å². The van der Waals surface area contributed by atoms with Crippen LogP contribution in [0.4, 0.5) is 0 Å². The van der Waals surface area contributed by atoms with Gasteiger partial charge in [-0.05, 0) is 36.5 Å². The Morgan fingerprint density at radius 2 is 1.60 bits per heavy atom.